The molecule has 0 bridgehead atoms. The Labute approximate surface area is 115 Å². The lowest BCUT2D eigenvalue weighted by Crippen LogP contribution is -2.18. The monoisotopic (exact) mass is 295 g/mol. The number of alkyl halides is 2. The summed E-state index contributed by atoms with van der Waals surface area (Å²) >= 11 is 5.91. The standard InChI is InChI=1S/C12H16ClF2NO3/c1-17-4-3-16-7-8-5-9(13)11(19-12(14)15)10(6-8)18-2/h5-6,12,16H,3-4,7H2,1-2H3. The Kier molecular flexibility index (Phi) is 6.83. The molecule has 0 fully saturated rings. The summed E-state index contributed by atoms with van der Waals surface area (Å²) in [5.41, 5.74) is 0.805. The lowest BCUT2D eigenvalue weighted by atomic mass is 10.2. The van der Waals surface area contributed by atoms with Gasteiger partial charge < -0.3 is 19.5 Å². The SMILES string of the molecule is COCCNCc1cc(Cl)c(OC(F)F)c(OC)c1. The van der Waals surface area contributed by atoms with E-state index in [0.717, 1.165) is 5.56 Å². The third-order valence-electron chi connectivity index (χ3n) is 2.31. The van der Waals surface area contributed by atoms with Crippen LogP contribution in [0.15, 0.2) is 12.1 Å². The first-order chi connectivity index (χ1) is 9.08. The fourth-order valence-corrected chi connectivity index (χ4v) is 1.76. The fraction of sp³-hybridized carbons (Fsp3) is 0.500. The average molecular weight is 296 g/mol. The zero-order valence-corrected chi connectivity index (χ0v) is 11.5. The molecule has 1 aromatic rings. The Balaban J connectivity index is 2.77. The number of halogens is 3. The first-order valence-corrected chi connectivity index (χ1v) is 5.97. The second-order valence-electron chi connectivity index (χ2n) is 3.66. The molecule has 7 heteroatoms. The van der Waals surface area contributed by atoms with Crippen molar-refractivity contribution in [3.63, 3.8) is 0 Å². The van der Waals surface area contributed by atoms with Crippen LogP contribution in [-0.2, 0) is 11.3 Å². The highest BCUT2D eigenvalue weighted by molar-refractivity contribution is 6.32. The molecule has 108 valence electrons. The number of methoxy groups -OCH3 is 2. The van der Waals surface area contributed by atoms with Crippen LogP contribution in [0.4, 0.5) is 8.78 Å². The van der Waals surface area contributed by atoms with Gasteiger partial charge in [0.2, 0.25) is 0 Å². The summed E-state index contributed by atoms with van der Waals surface area (Å²) in [6, 6.07) is 3.16. The van der Waals surface area contributed by atoms with Gasteiger partial charge in [0.1, 0.15) is 0 Å². The quantitative estimate of drug-likeness (QED) is 0.749. The molecule has 0 saturated carbocycles. The molecule has 0 aliphatic rings. The van der Waals surface area contributed by atoms with Gasteiger partial charge in [0.05, 0.1) is 18.7 Å². The van der Waals surface area contributed by atoms with Crippen LogP contribution in [0.2, 0.25) is 5.02 Å². The molecule has 4 nitrogen and oxygen atoms in total. The topological polar surface area (TPSA) is 39.7 Å². The molecule has 1 N–H and O–H groups in total. The lowest BCUT2D eigenvalue weighted by Gasteiger charge is -2.13. The molecule has 1 rings (SSSR count). The Morgan fingerprint density at radius 2 is 2.05 bits per heavy atom. The van der Waals surface area contributed by atoms with Crippen molar-refractivity contribution >= 4 is 11.6 Å². The van der Waals surface area contributed by atoms with E-state index >= 15 is 0 Å². The minimum Gasteiger partial charge on any atom is -0.493 e. The third-order valence-corrected chi connectivity index (χ3v) is 2.59. The number of hydrogen-bond acceptors (Lipinski definition) is 4. The zero-order chi connectivity index (χ0) is 14.3. The molecule has 0 radical (unpaired) electrons. The lowest BCUT2D eigenvalue weighted by molar-refractivity contribution is -0.0511. The summed E-state index contributed by atoms with van der Waals surface area (Å²) < 4.78 is 38.7. The van der Waals surface area contributed by atoms with E-state index in [1.165, 1.54) is 7.11 Å². The van der Waals surface area contributed by atoms with Crippen molar-refractivity contribution in [3.05, 3.63) is 22.7 Å². The number of hydrogen-bond donors (Lipinski definition) is 1. The van der Waals surface area contributed by atoms with E-state index in [2.05, 4.69) is 10.1 Å². The molecule has 19 heavy (non-hydrogen) atoms. The predicted octanol–water partition coefficient (Wildman–Crippen LogP) is 2.69. The van der Waals surface area contributed by atoms with Crippen molar-refractivity contribution < 1.29 is 23.0 Å². The number of rotatable bonds is 8. The maximum atomic E-state index is 12.2. The molecule has 0 unspecified atom stereocenters. The molecule has 0 aromatic heterocycles. The van der Waals surface area contributed by atoms with Crippen LogP contribution in [0, 0.1) is 0 Å². The van der Waals surface area contributed by atoms with E-state index < -0.39 is 6.61 Å². The molecule has 0 amide bonds. The van der Waals surface area contributed by atoms with Gasteiger partial charge in [0.15, 0.2) is 11.5 Å². The molecule has 0 aliphatic carbocycles. The van der Waals surface area contributed by atoms with Crippen molar-refractivity contribution in [3.8, 4) is 11.5 Å². The Bertz CT molecular complexity index is 405. The largest absolute Gasteiger partial charge is 0.493 e. The first-order valence-electron chi connectivity index (χ1n) is 5.59. The molecule has 0 heterocycles. The Hall–Kier alpha value is -1.11. The van der Waals surface area contributed by atoms with Crippen LogP contribution in [0.3, 0.4) is 0 Å². The molecular formula is C12H16ClF2NO3. The fourth-order valence-electron chi connectivity index (χ4n) is 1.49. The van der Waals surface area contributed by atoms with Gasteiger partial charge in [0, 0.05) is 20.2 Å². The predicted molar refractivity (Wildman–Crippen MR) is 68.2 cm³/mol. The second-order valence-corrected chi connectivity index (χ2v) is 4.06. The van der Waals surface area contributed by atoms with Gasteiger partial charge in [-0.15, -0.1) is 0 Å². The van der Waals surface area contributed by atoms with Crippen LogP contribution < -0.4 is 14.8 Å². The second kappa shape index (κ2) is 8.14. The highest BCUT2D eigenvalue weighted by atomic mass is 35.5. The summed E-state index contributed by atoms with van der Waals surface area (Å²) in [6.45, 7) is -1.17. The van der Waals surface area contributed by atoms with Gasteiger partial charge in [0.25, 0.3) is 0 Å². The van der Waals surface area contributed by atoms with Crippen LogP contribution in [0.5, 0.6) is 11.5 Å². The van der Waals surface area contributed by atoms with Crippen LogP contribution in [0.25, 0.3) is 0 Å². The highest BCUT2D eigenvalue weighted by Crippen LogP contribution is 2.37. The summed E-state index contributed by atoms with van der Waals surface area (Å²) in [6.07, 6.45) is 0. The van der Waals surface area contributed by atoms with Crippen molar-refractivity contribution in [1.82, 2.24) is 5.32 Å². The highest BCUT2D eigenvalue weighted by Gasteiger charge is 2.15. The van der Waals surface area contributed by atoms with E-state index in [4.69, 9.17) is 21.1 Å². The first kappa shape index (κ1) is 15.9. The van der Waals surface area contributed by atoms with Gasteiger partial charge in [-0.25, -0.2) is 0 Å². The number of ether oxygens (including phenoxy) is 3. The smallest absolute Gasteiger partial charge is 0.387 e. The van der Waals surface area contributed by atoms with Crippen LogP contribution >= 0.6 is 11.6 Å². The summed E-state index contributed by atoms with van der Waals surface area (Å²) in [5.74, 6) is 0.0242. The summed E-state index contributed by atoms with van der Waals surface area (Å²) in [7, 11) is 2.98. The molecule has 1 aromatic carbocycles. The van der Waals surface area contributed by atoms with Gasteiger partial charge in [-0.2, -0.15) is 8.78 Å². The van der Waals surface area contributed by atoms with Gasteiger partial charge in [-0.05, 0) is 17.7 Å². The van der Waals surface area contributed by atoms with E-state index in [1.54, 1.807) is 19.2 Å². The third kappa shape index (κ3) is 5.18. The number of nitrogens with one attached hydrogen (secondary N) is 1. The van der Waals surface area contributed by atoms with Crippen molar-refractivity contribution in [2.24, 2.45) is 0 Å². The van der Waals surface area contributed by atoms with Gasteiger partial charge in [-0.3, -0.25) is 0 Å². The Morgan fingerprint density at radius 3 is 2.63 bits per heavy atom. The number of benzene rings is 1. The van der Waals surface area contributed by atoms with E-state index in [-0.39, 0.29) is 16.5 Å². The zero-order valence-electron chi connectivity index (χ0n) is 10.7. The van der Waals surface area contributed by atoms with Crippen molar-refractivity contribution in [2.75, 3.05) is 27.4 Å². The normalized spacial score (nSPS) is 10.8. The minimum absolute atomic E-state index is 0.0863. The summed E-state index contributed by atoms with van der Waals surface area (Å²) in [5, 5.41) is 3.20. The van der Waals surface area contributed by atoms with Crippen LogP contribution in [0.1, 0.15) is 5.56 Å². The molecule has 0 spiro atoms. The van der Waals surface area contributed by atoms with Gasteiger partial charge >= 0.3 is 6.61 Å². The van der Waals surface area contributed by atoms with E-state index in [9.17, 15) is 8.78 Å². The summed E-state index contributed by atoms with van der Waals surface area (Å²) in [4.78, 5) is 0. The molecule has 0 saturated heterocycles. The van der Waals surface area contributed by atoms with Crippen molar-refractivity contribution in [2.45, 2.75) is 13.2 Å². The molecule has 0 atom stereocenters. The molecule has 0 aliphatic heterocycles. The van der Waals surface area contributed by atoms with Crippen LogP contribution in [-0.4, -0.2) is 34.0 Å². The van der Waals surface area contributed by atoms with E-state index in [1.807, 2.05) is 0 Å². The van der Waals surface area contributed by atoms with Crippen molar-refractivity contribution in [1.29, 1.82) is 0 Å². The molecular weight excluding hydrogens is 280 g/mol. The average Bonchev–Trinajstić information content (AvgIpc) is 2.37. The van der Waals surface area contributed by atoms with Gasteiger partial charge in [-0.1, -0.05) is 11.6 Å². The Morgan fingerprint density at radius 1 is 1.32 bits per heavy atom. The maximum Gasteiger partial charge on any atom is 0.387 e. The van der Waals surface area contributed by atoms with E-state index in [0.29, 0.717) is 19.7 Å². The maximum absolute atomic E-state index is 12.2. The minimum atomic E-state index is -2.95.